The van der Waals surface area contributed by atoms with Crippen molar-refractivity contribution < 1.29 is 27.9 Å². The van der Waals surface area contributed by atoms with Gasteiger partial charge in [0, 0.05) is 5.56 Å². The number of para-hydroxylation sites is 1. The van der Waals surface area contributed by atoms with E-state index in [-0.39, 0.29) is 22.9 Å². The topological polar surface area (TPSA) is 85.6 Å². The number of hydrogen-bond acceptors (Lipinski definition) is 5. The van der Waals surface area contributed by atoms with E-state index in [4.69, 9.17) is 9.15 Å². The molecule has 148 valence electrons. The molecule has 3 rings (SSSR count). The molecule has 1 amide bonds. The molecule has 3 aromatic rings. The third-order valence-electron chi connectivity index (χ3n) is 4.16. The number of carbonyl (C=O) groups is 3. The molecule has 0 fully saturated rings. The molecular weight excluding hydrogens is 377 g/mol. The van der Waals surface area contributed by atoms with E-state index in [1.165, 1.54) is 38.1 Å². The number of ether oxygens (including phenoxy) is 1. The highest BCUT2D eigenvalue weighted by molar-refractivity contribution is 6.05. The Morgan fingerprint density at radius 2 is 1.69 bits per heavy atom. The van der Waals surface area contributed by atoms with Crippen LogP contribution in [0, 0.1) is 5.82 Å². The number of carbonyl (C=O) groups excluding carboxylic acids is 3. The molecule has 1 aromatic heterocycles. The molecule has 1 N–H and O–H groups in total. The van der Waals surface area contributed by atoms with Crippen LogP contribution in [0.1, 0.15) is 34.8 Å². The van der Waals surface area contributed by atoms with Crippen molar-refractivity contribution in [3.8, 4) is 11.3 Å². The van der Waals surface area contributed by atoms with E-state index in [0.29, 0.717) is 11.3 Å². The van der Waals surface area contributed by atoms with Gasteiger partial charge in [0.05, 0.1) is 11.3 Å². The zero-order valence-electron chi connectivity index (χ0n) is 15.8. The normalized spacial score (nSPS) is 11.6. The van der Waals surface area contributed by atoms with Crippen molar-refractivity contribution in [2.45, 2.75) is 20.0 Å². The van der Waals surface area contributed by atoms with Crippen LogP contribution in [0.5, 0.6) is 0 Å². The number of hydrogen-bond donors (Lipinski definition) is 1. The largest absolute Gasteiger partial charge is 0.449 e. The number of amides is 1. The Labute approximate surface area is 166 Å². The Kier molecular flexibility index (Phi) is 5.87. The summed E-state index contributed by atoms with van der Waals surface area (Å²) in [7, 11) is 0. The number of halogens is 1. The number of benzene rings is 2. The molecule has 2 aromatic carbocycles. The van der Waals surface area contributed by atoms with Crippen molar-refractivity contribution in [3.05, 3.63) is 77.8 Å². The quantitative estimate of drug-likeness (QED) is 0.492. The summed E-state index contributed by atoms with van der Waals surface area (Å²) in [4.78, 5) is 36.3. The van der Waals surface area contributed by atoms with Gasteiger partial charge in [-0.15, -0.1) is 0 Å². The van der Waals surface area contributed by atoms with E-state index >= 15 is 0 Å². The van der Waals surface area contributed by atoms with Gasteiger partial charge in [-0.3, -0.25) is 9.59 Å². The molecule has 7 heteroatoms. The van der Waals surface area contributed by atoms with E-state index in [1.807, 2.05) is 0 Å². The number of anilines is 1. The predicted molar refractivity (Wildman–Crippen MR) is 104 cm³/mol. The summed E-state index contributed by atoms with van der Waals surface area (Å²) in [6.45, 7) is 2.78. The molecule has 0 saturated heterocycles. The van der Waals surface area contributed by atoms with E-state index in [2.05, 4.69) is 5.32 Å². The maximum Gasteiger partial charge on any atom is 0.375 e. The number of rotatable bonds is 6. The average molecular weight is 395 g/mol. The Hall–Kier alpha value is -3.74. The molecule has 0 aliphatic rings. The molecule has 0 aliphatic heterocycles. The van der Waals surface area contributed by atoms with Crippen LogP contribution >= 0.6 is 0 Å². The lowest BCUT2D eigenvalue weighted by molar-refractivity contribution is -0.123. The average Bonchev–Trinajstić information content (AvgIpc) is 3.18. The SMILES string of the molecule is CC(=O)c1ccccc1NC(=O)[C@H](C)OC(=O)c1ccc(-c2ccccc2F)o1. The lowest BCUT2D eigenvalue weighted by Crippen LogP contribution is -2.30. The van der Waals surface area contributed by atoms with Crippen LogP contribution in [-0.4, -0.2) is 23.8 Å². The van der Waals surface area contributed by atoms with Crippen LogP contribution in [-0.2, 0) is 9.53 Å². The highest BCUT2D eigenvalue weighted by Crippen LogP contribution is 2.25. The van der Waals surface area contributed by atoms with Crippen LogP contribution < -0.4 is 5.32 Å². The fourth-order valence-electron chi connectivity index (χ4n) is 2.66. The molecule has 0 radical (unpaired) electrons. The lowest BCUT2D eigenvalue weighted by atomic mass is 10.1. The van der Waals surface area contributed by atoms with Crippen molar-refractivity contribution in [3.63, 3.8) is 0 Å². The van der Waals surface area contributed by atoms with Gasteiger partial charge in [0.1, 0.15) is 11.6 Å². The molecule has 1 heterocycles. The standard InChI is InChI=1S/C22H18FNO5/c1-13(25)15-7-4-6-10-18(15)24-21(26)14(2)28-22(27)20-12-11-19(29-20)16-8-3-5-9-17(16)23/h3-12,14H,1-2H3,(H,24,26)/t14-/m0/s1. The van der Waals surface area contributed by atoms with E-state index in [0.717, 1.165) is 0 Å². The van der Waals surface area contributed by atoms with Gasteiger partial charge >= 0.3 is 5.97 Å². The third-order valence-corrected chi connectivity index (χ3v) is 4.16. The minimum atomic E-state index is -1.15. The van der Waals surface area contributed by atoms with Crippen molar-refractivity contribution in [2.24, 2.45) is 0 Å². The molecule has 0 spiro atoms. The van der Waals surface area contributed by atoms with Crippen molar-refractivity contribution >= 4 is 23.3 Å². The van der Waals surface area contributed by atoms with Gasteiger partial charge in [-0.25, -0.2) is 9.18 Å². The van der Waals surface area contributed by atoms with Crippen LogP contribution in [0.15, 0.2) is 65.1 Å². The molecule has 6 nitrogen and oxygen atoms in total. The Balaban J connectivity index is 1.67. The highest BCUT2D eigenvalue weighted by atomic mass is 19.1. The Bertz CT molecular complexity index is 1070. The molecule has 1 atom stereocenters. The molecule has 0 saturated carbocycles. The number of esters is 1. The number of furan rings is 1. The minimum Gasteiger partial charge on any atom is -0.449 e. The molecule has 29 heavy (non-hydrogen) atoms. The highest BCUT2D eigenvalue weighted by Gasteiger charge is 2.23. The molecule has 0 unspecified atom stereocenters. The second-order valence-corrected chi connectivity index (χ2v) is 6.28. The second-order valence-electron chi connectivity index (χ2n) is 6.28. The molecule has 0 aliphatic carbocycles. The van der Waals surface area contributed by atoms with Gasteiger partial charge in [0.2, 0.25) is 5.76 Å². The number of nitrogens with one attached hydrogen (secondary N) is 1. The fourth-order valence-corrected chi connectivity index (χ4v) is 2.66. The van der Waals surface area contributed by atoms with Crippen LogP contribution in [0.3, 0.4) is 0 Å². The van der Waals surface area contributed by atoms with E-state index in [9.17, 15) is 18.8 Å². The van der Waals surface area contributed by atoms with Crippen molar-refractivity contribution in [1.29, 1.82) is 0 Å². The minimum absolute atomic E-state index is 0.160. The lowest BCUT2D eigenvalue weighted by Gasteiger charge is -2.14. The summed E-state index contributed by atoms with van der Waals surface area (Å²) in [5.74, 6) is -2.15. The first-order chi connectivity index (χ1) is 13.9. The van der Waals surface area contributed by atoms with Gasteiger partial charge < -0.3 is 14.5 Å². The van der Waals surface area contributed by atoms with Gasteiger partial charge in [-0.05, 0) is 50.2 Å². The Morgan fingerprint density at radius 1 is 1.00 bits per heavy atom. The van der Waals surface area contributed by atoms with Crippen molar-refractivity contribution in [1.82, 2.24) is 0 Å². The zero-order chi connectivity index (χ0) is 21.0. The maximum atomic E-state index is 13.8. The fraction of sp³-hybridized carbons (Fsp3) is 0.136. The maximum absolute atomic E-state index is 13.8. The van der Waals surface area contributed by atoms with Gasteiger partial charge in [0.15, 0.2) is 11.9 Å². The summed E-state index contributed by atoms with van der Waals surface area (Å²) >= 11 is 0. The van der Waals surface area contributed by atoms with Crippen LogP contribution in [0.25, 0.3) is 11.3 Å². The third kappa shape index (κ3) is 4.57. The zero-order valence-corrected chi connectivity index (χ0v) is 15.8. The van der Waals surface area contributed by atoms with E-state index in [1.54, 1.807) is 36.4 Å². The van der Waals surface area contributed by atoms with Crippen LogP contribution in [0.2, 0.25) is 0 Å². The monoisotopic (exact) mass is 395 g/mol. The summed E-state index contributed by atoms with van der Waals surface area (Å²) < 4.78 is 24.3. The summed E-state index contributed by atoms with van der Waals surface area (Å²) in [5.41, 5.74) is 0.880. The predicted octanol–water partition coefficient (Wildman–Crippen LogP) is 4.47. The Morgan fingerprint density at radius 3 is 2.41 bits per heavy atom. The van der Waals surface area contributed by atoms with Gasteiger partial charge in [-0.2, -0.15) is 0 Å². The smallest absolute Gasteiger partial charge is 0.375 e. The molecular formula is C22H18FNO5. The molecule has 0 bridgehead atoms. The summed E-state index contributed by atoms with van der Waals surface area (Å²) in [6, 6.07) is 15.3. The first kappa shape index (κ1) is 20.0. The van der Waals surface area contributed by atoms with Gasteiger partial charge in [0.25, 0.3) is 5.91 Å². The first-order valence-electron chi connectivity index (χ1n) is 8.83. The second kappa shape index (κ2) is 8.52. The first-order valence-corrected chi connectivity index (χ1v) is 8.83. The van der Waals surface area contributed by atoms with Crippen LogP contribution in [0.4, 0.5) is 10.1 Å². The summed E-state index contributed by atoms with van der Waals surface area (Å²) in [6.07, 6.45) is -1.15. The van der Waals surface area contributed by atoms with E-state index < -0.39 is 23.8 Å². The van der Waals surface area contributed by atoms with Gasteiger partial charge in [-0.1, -0.05) is 24.3 Å². The number of ketones is 1. The summed E-state index contributed by atoms with van der Waals surface area (Å²) in [5, 5.41) is 2.57. The number of Topliss-reactive ketones (excluding diaryl/α,β-unsaturated/α-hetero) is 1. The van der Waals surface area contributed by atoms with Crippen molar-refractivity contribution in [2.75, 3.05) is 5.32 Å².